The van der Waals surface area contributed by atoms with E-state index in [1.165, 1.54) is 6.42 Å². The summed E-state index contributed by atoms with van der Waals surface area (Å²) >= 11 is 0. The van der Waals surface area contributed by atoms with Gasteiger partial charge in [0.05, 0.1) is 12.2 Å². The van der Waals surface area contributed by atoms with Gasteiger partial charge in [0, 0.05) is 32.2 Å². The highest BCUT2D eigenvalue weighted by atomic mass is 16.5. The molecule has 1 rings (SSSR count). The highest BCUT2D eigenvalue weighted by Gasteiger charge is 2.26. The molecule has 3 nitrogen and oxygen atoms in total. The van der Waals surface area contributed by atoms with Gasteiger partial charge in [-0.1, -0.05) is 20.3 Å². The van der Waals surface area contributed by atoms with Crippen LogP contribution in [0.1, 0.15) is 41.0 Å². The SMILES string of the molecule is CCC(C)C1CNCCN1CCOC(C)(C)C. The van der Waals surface area contributed by atoms with Gasteiger partial charge in [-0.2, -0.15) is 0 Å². The molecule has 102 valence electrons. The second-order valence-corrected chi connectivity index (χ2v) is 6.15. The number of piperazine rings is 1. The summed E-state index contributed by atoms with van der Waals surface area (Å²) in [5.41, 5.74) is -0.0140. The van der Waals surface area contributed by atoms with Crippen LogP contribution >= 0.6 is 0 Å². The molecule has 1 aliphatic rings. The van der Waals surface area contributed by atoms with Gasteiger partial charge in [0.2, 0.25) is 0 Å². The predicted molar refractivity (Wildman–Crippen MR) is 73.4 cm³/mol. The van der Waals surface area contributed by atoms with Gasteiger partial charge in [0.1, 0.15) is 0 Å². The average Bonchev–Trinajstić information content (AvgIpc) is 2.27. The molecule has 1 heterocycles. The van der Waals surface area contributed by atoms with E-state index in [0.29, 0.717) is 6.04 Å². The Hall–Kier alpha value is -0.120. The van der Waals surface area contributed by atoms with Gasteiger partial charge in [-0.3, -0.25) is 4.90 Å². The van der Waals surface area contributed by atoms with Crippen LogP contribution in [-0.4, -0.2) is 49.3 Å². The van der Waals surface area contributed by atoms with Crippen molar-refractivity contribution in [3.05, 3.63) is 0 Å². The van der Waals surface area contributed by atoms with Gasteiger partial charge in [-0.15, -0.1) is 0 Å². The summed E-state index contributed by atoms with van der Waals surface area (Å²) in [4.78, 5) is 2.59. The summed E-state index contributed by atoms with van der Waals surface area (Å²) in [5, 5.41) is 3.50. The standard InChI is InChI=1S/C14H30N2O/c1-6-12(2)13-11-15-7-8-16(13)9-10-17-14(3,4)5/h12-13,15H,6-11H2,1-5H3. The molecular formula is C14H30N2O. The highest BCUT2D eigenvalue weighted by Crippen LogP contribution is 2.16. The summed E-state index contributed by atoms with van der Waals surface area (Å²) in [6.45, 7) is 16.3. The third-order valence-electron chi connectivity index (χ3n) is 3.61. The van der Waals surface area contributed by atoms with Gasteiger partial charge in [0.15, 0.2) is 0 Å². The van der Waals surface area contributed by atoms with Crippen molar-refractivity contribution < 1.29 is 4.74 Å². The Morgan fingerprint density at radius 2 is 2.12 bits per heavy atom. The van der Waals surface area contributed by atoms with Crippen molar-refractivity contribution in [2.45, 2.75) is 52.7 Å². The van der Waals surface area contributed by atoms with Crippen LogP contribution in [0.25, 0.3) is 0 Å². The molecule has 2 unspecified atom stereocenters. The van der Waals surface area contributed by atoms with Crippen LogP contribution in [0.2, 0.25) is 0 Å². The van der Waals surface area contributed by atoms with Crippen LogP contribution in [0.5, 0.6) is 0 Å². The van der Waals surface area contributed by atoms with Gasteiger partial charge >= 0.3 is 0 Å². The van der Waals surface area contributed by atoms with Gasteiger partial charge in [0.25, 0.3) is 0 Å². The summed E-state index contributed by atoms with van der Waals surface area (Å²) in [6, 6.07) is 0.678. The number of nitrogens with one attached hydrogen (secondary N) is 1. The third kappa shape index (κ3) is 5.36. The number of rotatable bonds is 5. The van der Waals surface area contributed by atoms with Crippen molar-refractivity contribution >= 4 is 0 Å². The first-order chi connectivity index (χ1) is 7.94. The molecule has 3 heteroatoms. The van der Waals surface area contributed by atoms with E-state index in [0.717, 1.165) is 38.7 Å². The molecule has 1 fully saturated rings. The third-order valence-corrected chi connectivity index (χ3v) is 3.61. The molecule has 0 aliphatic carbocycles. The first kappa shape index (κ1) is 14.9. The zero-order chi connectivity index (χ0) is 12.9. The number of hydrogen-bond acceptors (Lipinski definition) is 3. The molecule has 0 aromatic rings. The fourth-order valence-corrected chi connectivity index (χ4v) is 2.35. The van der Waals surface area contributed by atoms with E-state index in [9.17, 15) is 0 Å². The van der Waals surface area contributed by atoms with Crippen molar-refractivity contribution in [1.29, 1.82) is 0 Å². The molecule has 17 heavy (non-hydrogen) atoms. The zero-order valence-electron chi connectivity index (χ0n) is 12.3. The molecule has 0 radical (unpaired) electrons. The lowest BCUT2D eigenvalue weighted by Gasteiger charge is -2.39. The minimum atomic E-state index is -0.0140. The Morgan fingerprint density at radius 3 is 2.71 bits per heavy atom. The fourth-order valence-electron chi connectivity index (χ4n) is 2.35. The largest absolute Gasteiger partial charge is 0.375 e. The minimum Gasteiger partial charge on any atom is -0.375 e. The van der Waals surface area contributed by atoms with Gasteiger partial charge < -0.3 is 10.1 Å². The predicted octanol–water partition coefficient (Wildman–Crippen LogP) is 2.12. The van der Waals surface area contributed by atoms with Crippen LogP contribution in [0, 0.1) is 5.92 Å². The monoisotopic (exact) mass is 242 g/mol. The van der Waals surface area contributed by atoms with Gasteiger partial charge in [-0.25, -0.2) is 0 Å². The number of nitrogens with zero attached hydrogens (tertiary/aromatic N) is 1. The van der Waals surface area contributed by atoms with Crippen LogP contribution in [0.3, 0.4) is 0 Å². The Morgan fingerprint density at radius 1 is 1.41 bits per heavy atom. The number of hydrogen-bond donors (Lipinski definition) is 1. The molecule has 0 amide bonds. The van der Waals surface area contributed by atoms with E-state index < -0.39 is 0 Å². The first-order valence-electron chi connectivity index (χ1n) is 7.02. The van der Waals surface area contributed by atoms with Crippen LogP contribution in [-0.2, 0) is 4.74 Å². The van der Waals surface area contributed by atoms with E-state index >= 15 is 0 Å². The second kappa shape index (κ2) is 6.72. The summed E-state index contributed by atoms with van der Waals surface area (Å²) in [6.07, 6.45) is 1.25. The molecular weight excluding hydrogens is 212 g/mol. The van der Waals surface area contributed by atoms with E-state index in [2.05, 4.69) is 44.8 Å². The normalized spacial score (nSPS) is 24.9. The average molecular weight is 242 g/mol. The molecule has 2 atom stereocenters. The molecule has 0 saturated carbocycles. The molecule has 0 aromatic heterocycles. The summed E-state index contributed by atoms with van der Waals surface area (Å²) < 4.78 is 5.83. The fraction of sp³-hybridized carbons (Fsp3) is 1.00. The van der Waals surface area contributed by atoms with E-state index in [1.807, 2.05) is 0 Å². The Kier molecular flexibility index (Phi) is 5.90. The maximum Gasteiger partial charge on any atom is 0.0600 e. The highest BCUT2D eigenvalue weighted by molar-refractivity contribution is 4.83. The van der Waals surface area contributed by atoms with Crippen molar-refractivity contribution in [3.8, 4) is 0 Å². The molecule has 0 aromatic carbocycles. The van der Waals surface area contributed by atoms with Gasteiger partial charge in [-0.05, 0) is 26.7 Å². The number of ether oxygens (including phenoxy) is 1. The van der Waals surface area contributed by atoms with Crippen LogP contribution < -0.4 is 5.32 Å². The Labute approximate surface area is 107 Å². The van der Waals surface area contributed by atoms with E-state index in [4.69, 9.17) is 4.74 Å². The lowest BCUT2D eigenvalue weighted by molar-refractivity contribution is -0.0234. The van der Waals surface area contributed by atoms with Crippen molar-refractivity contribution in [2.24, 2.45) is 5.92 Å². The maximum absolute atomic E-state index is 5.83. The molecule has 1 saturated heterocycles. The van der Waals surface area contributed by atoms with E-state index in [-0.39, 0.29) is 5.60 Å². The first-order valence-corrected chi connectivity index (χ1v) is 7.02. The molecule has 0 bridgehead atoms. The van der Waals surface area contributed by atoms with Crippen LogP contribution in [0.15, 0.2) is 0 Å². The summed E-state index contributed by atoms with van der Waals surface area (Å²) in [7, 11) is 0. The molecule has 0 spiro atoms. The molecule has 1 N–H and O–H groups in total. The Bertz CT molecular complexity index is 213. The minimum absolute atomic E-state index is 0.0140. The van der Waals surface area contributed by atoms with Crippen molar-refractivity contribution in [2.75, 3.05) is 32.8 Å². The van der Waals surface area contributed by atoms with Crippen LogP contribution in [0.4, 0.5) is 0 Å². The molecule has 1 aliphatic heterocycles. The zero-order valence-corrected chi connectivity index (χ0v) is 12.3. The summed E-state index contributed by atoms with van der Waals surface area (Å²) in [5.74, 6) is 0.762. The maximum atomic E-state index is 5.83. The van der Waals surface area contributed by atoms with Crippen molar-refractivity contribution in [1.82, 2.24) is 10.2 Å². The topological polar surface area (TPSA) is 24.5 Å². The second-order valence-electron chi connectivity index (χ2n) is 6.15. The lowest BCUT2D eigenvalue weighted by atomic mass is 9.96. The quantitative estimate of drug-likeness (QED) is 0.799. The Balaban J connectivity index is 2.38. The van der Waals surface area contributed by atoms with E-state index in [1.54, 1.807) is 0 Å². The lowest BCUT2D eigenvalue weighted by Crippen LogP contribution is -2.54. The smallest absolute Gasteiger partial charge is 0.0600 e. The van der Waals surface area contributed by atoms with Crippen molar-refractivity contribution in [3.63, 3.8) is 0 Å².